The topological polar surface area (TPSA) is 60.7 Å². The van der Waals surface area contributed by atoms with Crippen molar-refractivity contribution >= 4 is 6.29 Å². The summed E-state index contributed by atoms with van der Waals surface area (Å²) in [6.07, 6.45) is 5.54. The summed E-state index contributed by atoms with van der Waals surface area (Å²) in [5.41, 5.74) is 1.16. The Bertz CT molecular complexity index is 449. The molecule has 2 rings (SSSR count). The van der Waals surface area contributed by atoms with Crippen molar-refractivity contribution in [2.75, 3.05) is 0 Å². The van der Waals surface area contributed by atoms with Gasteiger partial charge in [-0.25, -0.2) is 15.0 Å². The lowest BCUT2D eigenvalue weighted by Gasteiger charge is -2.00. The van der Waals surface area contributed by atoms with Gasteiger partial charge in [0.15, 0.2) is 6.29 Å². The second-order valence-corrected chi connectivity index (χ2v) is 2.75. The van der Waals surface area contributed by atoms with Gasteiger partial charge < -0.3 is 0 Å². The van der Waals surface area contributed by atoms with Gasteiger partial charge in [0.25, 0.3) is 0 Å². The molecule has 14 heavy (non-hydrogen) atoms. The van der Waals surface area contributed by atoms with E-state index in [1.807, 2.05) is 0 Å². The molecule has 70 valence electrons. The van der Waals surface area contributed by atoms with Crippen LogP contribution in [0.25, 0.3) is 5.95 Å². The molecule has 0 aromatic carbocycles. The monoisotopic (exact) mass is 188 g/mol. The minimum absolute atomic E-state index is 0.414. The van der Waals surface area contributed by atoms with Crippen LogP contribution in [0.15, 0.2) is 24.8 Å². The van der Waals surface area contributed by atoms with Crippen molar-refractivity contribution < 1.29 is 4.79 Å². The molecule has 0 saturated carbocycles. The average molecular weight is 188 g/mol. The molecule has 5 nitrogen and oxygen atoms in total. The molecule has 5 heteroatoms. The summed E-state index contributed by atoms with van der Waals surface area (Å²) >= 11 is 0. The fourth-order valence-electron chi connectivity index (χ4n) is 1.16. The molecule has 0 spiro atoms. The highest BCUT2D eigenvalue weighted by Crippen LogP contribution is 2.07. The summed E-state index contributed by atoms with van der Waals surface area (Å²) in [5.74, 6) is 0.519. The van der Waals surface area contributed by atoms with Gasteiger partial charge in [-0.2, -0.15) is 0 Å². The molecule has 0 unspecified atom stereocenters. The summed E-state index contributed by atoms with van der Waals surface area (Å²) in [6.45, 7) is 1.80. The van der Waals surface area contributed by atoms with Crippen LogP contribution in [-0.4, -0.2) is 25.8 Å². The van der Waals surface area contributed by atoms with E-state index in [-0.39, 0.29) is 0 Å². The van der Waals surface area contributed by atoms with E-state index in [2.05, 4.69) is 15.0 Å². The highest BCUT2D eigenvalue weighted by molar-refractivity contribution is 5.73. The Morgan fingerprint density at radius 1 is 1.29 bits per heavy atom. The van der Waals surface area contributed by atoms with Crippen molar-refractivity contribution in [1.82, 2.24) is 19.5 Å². The Hall–Kier alpha value is -2.04. The van der Waals surface area contributed by atoms with E-state index < -0.39 is 0 Å². The zero-order valence-corrected chi connectivity index (χ0v) is 7.58. The van der Waals surface area contributed by atoms with E-state index in [9.17, 15) is 4.79 Å². The predicted molar refractivity (Wildman–Crippen MR) is 49.3 cm³/mol. The van der Waals surface area contributed by atoms with Crippen molar-refractivity contribution in [3.05, 3.63) is 36.2 Å². The van der Waals surface area contributed by atoms with Crippen LogP contribution in [0.5, 0.6) is 0 Å². The van der Waals surface area contributed by atoms with Crippen LogP contribution in [-0.2, 0) is 0 Å². The third-order valence-corrected chi connectivity index (χ3v) is 1.92. The van der Waals surface area contributed by atoms with Gasteiger partial charge in [-0.1, -0.05) is 0 Å². The van der Waals surface area contributed by atoms with Gasteiger partial charge in [-0.05, 0) is 13.0 Å². The molecule has 2 heterocycles. The maximum atomic E-state index is 10.6. The van der Waals surface area contributed by atoms with Gasteiger partial charge in [-0.15, -0.1) is 0 Å². The third-order valence-electron chi connectivity index (χ3n) is 1.92. The van der Waals surface area contributed by atoms with E-state index in [1.165, 1.54) is 6.33 Å². The van der Waals surface area contributed by atoms with Crippen LogP contribution in [0, 0.1) is 6.92 Å². The first kappa shape index (κ1) is 8.55. The highest BCUT2D eigenvalue weighted by atomic mass is 16.1. The normalized spacial score (nSPS) is 10.1. The van der Waals surface area contributed by atoms with Crippen LogP contribution in [0.1, 0.15) is 16.2 Å². The Morgan fingerprint density at radius 2 is 2.00 bits per heavy atom. The Kier molecular flexibility index (Phi) is 2.06. The fourth-order valence-corrected chi connectivity index (χ4v) is 1.16. The number of aromatic nitrogens is 4. The fraction of sp³-hybridized carbons (Fsp3) is 0.111. The number of hydrogen-bond donors (Lipinski definition) is 0. The van der Waals surface area contributed by atoms with Crippen molar-refractivity contribution in [3.8, 4) is 5.95 Å². The molecule has 0 atom stereocenters. The molecule has 0 saturated heterocycles. The lowest BCUT2D eigenvalue weighted by atomic mass is 10.4. The van der Waals surface area contributed by atoms with Crippen LogP contribution >= 0.6 is 0 Å². The number of nitrogens with zero attached hydrogens (tertiary/aromatic N) is 4. The number of rotatable bonds is 2. The molecule has 0 bridgehead atoms. The van der Waals surface area contributed by atoms with Crippen LogP contribution in [0.4, 0.5) is 0 Å². The number of carbonyl (C=O) groups excluding carboxylic acids is 1. The Balaban J connectivity index is 2.53. The number of hydrogen-bond acceptors (Lipinski definition) is 4. The summed E-state index contributed by atoms with van der Waals surface area (Å²) < 4.78 is 1.67. The lowest BCUT2D eigenvalue weighted by molar-refractivity contribution is 0.111. The maximum absolute atomic E-state index is 10.6. The molecule has 0 fully saturated rings. The van der Waals surface area contributed by atoms with Gasteiger partial charge in [0.1, 0.15) is 12.0 Å². The summed E-state index contributed by atoms with van der Waals surface area (Å²) in [4.78, 5) is 22.6. The van der Waals surface area contributed by atoms with Crippen LogP contribution in [0.3, 0.4) is 0 Å². The smallest absolute Gasteiger partial charge is 0.235 e. The van der Waals surface area contributed by atoms with Gasteiger partial charge in [-0.3, -0.25) is 9.36 Å². The number of carbonyl (C=O) groups is 1. The van der Waals surface area contributed by atoms with Crippen molar-refractivity contribution in [3.63, 3.8) is 0 Å². The zero-order valence-electron chi connectivity index (χ0n) is 7.58. The standard InChI is InChI=1S/C9H8N4O/c1-7-8(5-14)12-6-13(7)9-10-3-2-4-11-9/h2-6H,1H3. The molecular weight excluding hydrogens is 180 g/mol. The Morgan fingerprint density at radius 3 is 2.57 bits per heavy atom. The molecule has 2 aromatic heterocycles. The lowest BCUT2D eigenvalue weighted by Crippen LogP contribution is -2.01. The van der Waals surface area contributed by atoms with E-state index in [0.717, 1.165) is 12.0 Å². The van der Waals surface area contributed by atoms with Gasteiger partial charge in [0.2, 0.25) is 5.95 Å². The minimum atomic E-state index is 0.414. The zero-order chi connectivity index (χ0) is 9.97. The average Bonchev–Trinajstić information content (AvgIpc) is 2.61. The van der Waals surface area contributed by atoms with Crippen LogP contribution in [0.2, 0.25) is 0 Å². The Labute approximate surface area is 80.5 Å². The van der Waals surface area contributed by atoms with Gasteiger partial charge in [0.05, 0.1) is 5.69 Å². The van der Waals surface area contributed by atoms with E-state index in [4.69, 9.17) is 0 Å². The van der Waals surface area contributed by atoms with Crippen LogP contribution < -0.4 is 0 Å². The first-order valence-corrected chi connectivity index (χ1v) is 4.09. The maximum Gasteiger partial charge on any atom is 0.235 e. The molecule has 0 aliphatic heterocycles. The second-order valence-electron chi connectivity index (χ2n) is 2.75. The van der Waals surface area contributed by atoms with Gasteiger partial charge in [0, 0.05) is 12.4 Å². The molecule has 0 N–H and O–H groups in total. The highest BCUT2D eigenvalue weighted by Gasteiger charge is 2.07. The van der Waals surface area contributed by atoms with E-state index in [1.54, 1.807) is 30.0 Å². The van der Waals surface area contributed by atoms with E-state index in [0.29, 0.717) is 11.6 Å². The summed E-state index contributed by atoms with van der Waals surface area (Å²) in [7, 11) is 0. The number of imidazole rings is 1. The summed E-state index contributed by atoms with van der Waals surface area (Å²) in [6, 6.07) is 1.73. The SMILES string of the molecule is Cc1c(C=O)ncn1-c1ncccn1. The molecule has 0 amide bonds. The molecule has 2 aromatic rings. The predicted octanol–water partition coefficient (Wildman–Crippen LogP) is 0.783. The second kappa shape index (κ2) is 3.37. The number of aldehydes is 1. The molecular formula is C9H8N4O. The molecule has 0 aliphatic rings. The quantitative estimate of drug-likeness (QED) is 0.653. The first-order chi connectivity index (χ1) is 6.83. The molecule has 0 radical (unpaired) electrons. The van der Waals surface area contributed by atoms with E-state index >= 15 is 0 Å². The van der Waals surface area contributed by atoms with Crippen molar-refractivity contribution in [2.24, 2.45) is 0 Å². The minimum Gasteiger partial charge on any atom is -0.296 e. The first-order valence-electron chi connectivity index (χ1n) is 4.09. The largest absolute Gasteiger partial charge is 0.296 e. The van der Waals surface area contributed by atoms with Gasteiger partial charge >= 0.3 is 0 Å². The van der Waals surface area contributed by atoms with Crippen molar-refractivity contribution in [2.45, 2.75) is 6.92 Å². The van der Waals surface area contributed by atoms with Crippen molar-refractivity contribution in [1.29, 1.82) is 0 Å². The summed E-state index contributed by atoms with van der Waals surface area (Å²) in [5, 5.41) is 0. The third kappa shape index (κ3) is 1.28. The molecule has 0 aliphatic carbocycles.